The quantitative estimate of drug-likeness (QED) is 0.882. The van der Waals surface area contributed by atoms with Gasteiger partial charge in [0.05, 0.1) is 23.4 Å². The Morgan fingerprint density at radius 2 is 2.12 bits per heavy atom. The van der Waals surface area contributed by atoms with Crippen molar-refractivity contribution in [2.45, 2.75) is 51.3 Å². The van der Waals surface area contributed by atoms with Crippen LogP contribution in [0, 0.1) is 11.3 Å². The van der Waals surface area contributed by atoms with E-state index in [0.29, 0.717) is 18.2 Å². The summed E-state index contributed by atoms with van der Waals surface area (Å²) in [5.41, 5.74) is 2.66. The first kappa shape index (κ1) is 16.5. The molecule has 0 radical (unpaired) electrons. The second-order valence-electron chi connectivity index (χ2n) is 6.34. The molecule has 1 fully saturated rings. The van der Waals surface area contributed by atoms with E-state index >= 15 is 0 Å². The van der Waals surface area contributed by atoms with Crippen LogP contribution in [0.3, 0.4) is 0 Å². The predicted octanol–water partition coefficient (Wildman–Crippen LogP) is 3.56. The van der Waals surface area contributed by atoms with E-state index in [1.807, 2.05) is 31.3 Å². The summed E-state index contributed by atoms with van der Waals surface area (Å²) in [5, 5.41) is 16.9. The van der Waals surface area contributed by atoms with Crippen LogP contribution in [0.25, 0.3) is 0 Å². The van der Waals surface area contributed by atoms with Crippen molar-refractivity contribution in [2.75, 3.05) is 7.05 Å². The summed E-state index contributed by atoms with van der Waals surface area (Å²) in [5.74, 6) is 0.828. The van der Waals surface area contributed by atoms with Gasteiger partial charge in [-0.1, -0.05) is 31.4 Å². The van der Waals surface area contributed by atoms with E-state index in [1.165, 1.54) is 32.1 Å². The average Bonchev–Trinajstić information content (AvgIpc) is 3.04. The molecule has 1 aromatic carbocycles. The van der Waals surface area contributed by atoms with Gasteiger partial charge in [0.15, 0.2) is 0 Å². The van der Waals surface area contributed by atoms with E-state index in [0.717, 1.165) is 23.7 Å². The number of nitrogens with one attached hydrogen (secondary N) is 1. The highest BCUT2D eigenvalue weighted by Gasteiger charge is 2.20. The monoisotopic (exact) mass is 324 g/mol. The van der Waals surface area contributed by atoms with Crippen LogP contribution in [0.5, 0.6) is 5.88 Å². The largest absolute Gasteiger partial charge is 0.473 e. The third-order valence-corrected chi connectivity index (χ3v) is 4.47. The zero-order valence-electron chi connectivity index (χ0n) is 14.2. The maximum Gasteiger partial charge on any atom is 0.212 e. The highest BCUT2D eigenvalue weighted by molar-refractivity contribution is 5.32. The molecule has 1 saturated carbocycles. The van der Waals surface area contributed by atoms with Crippen molar-refractivity contribution >= 4 is 0 Å². The second kappa shape index (κ2) is 7.98. The first-order valence-corrected chi connectivity index (χ1v) is 8.65. The smallest absolute Gasteiger partial charge is 0.212 e. The van der Waals surface area contributed by atoms with E-state index in [1.54, 1.807) is 6.07 Å². The van der Waals surface area contributed by atoms with Gasteiger partial charge in [-0.25, -0.2) is 4.68 Å². The molecule has 1 N–H and O–H groups in total. The predicted molar refractivity (Wildman–Crippen MR) is 92.6 cm³/mol. The van der Waals surface area contributed by atoms with E-state index < -0.39 is 0 Å². The van der Waals surface area contributed by atoms with Gasteiger partial charge >= 0.3 is 0 Å². The van der Waals surface area contributed by atoms with Crippen LogP contribution in [0.4, 0.5) is 0 Å². The van der Waals surface area contributed by atoms with Gasteiger partial charge in [0, 0.05) is 12.6 Å². The van der Waals surface area contributed by atoms with Crippen LogP contribution in [-0.4, -0.2) is 16.8 Å². The second-order valence-corrected chi connectivity index (χ2v) is 6.34. The number of rotatable bonds is 6. The topological polar surface area (TPSA) is 62.9 Å². The van der Waals surface area contributed by atoms with E-state index in [4.69, 9.17) is 15.1 Å². The third-order valence-electron chi connectivity index (χ3n) is 4.47. The Balaban J connectivity index is 1.76. The van der Waals surface area contributed by atoms with Crippen molar-refractivity contribution in [2.24, 2.45) is 0 Å². The van der Waals surface area contributed by atoms with Gasteiger partial charge in [0.2, 0.25) is 5.88 Å². The maximum atomic E-state index is 9.01. The number of hydrogen-bond acceptors (Lipinski definition) is 4. The highest BCUT2D eigenvalue weighted by Crippen LogP contribution is 2.31. The molecule has 24 heavy (non-hydrogen) atoms. The maximum absolute atomic E-state index is 9.01. The summed E-state index contributed by atoms with van der Waals surface area (Å²) in [4.78, 5) is 0. The summed E-state index contributed by atoms with van der Waals surface area (Å²) in [7, 11) is 1.92. The van der Waals surface area contributed by atoms with Crippen molar-refractivity contribution in [3.05, 3.63) is 47.2 Å². The van der Waals surface area contributed by atoms with Crippen LogP contribution in [0.2, 0.25) is 0 Å². The number of nitrogens with zero attached hydrogens (tertiary/aromatic N) is 3. The summed E-state index contributed by atoms with van der Waals surface area (Å²) in [6.45, 7) is 1.19. The van der Waals surface area contributed by atoms with Crippen molar-refractivity contribution in [1.29, 1.82) is 5.26 Å². The zero-order chi connectivity index (χ0) is 16.8. The zero-order valence-corrected chi connectivity index (χ0v) is 14.2. The molecular formula is C19H24N4O. The van der Waals surface area contributed by atoms with Crippen molar-refractivity contribution in [3.63, 3.8) is 0 Å². The van der Waals surface area contributed by atoms with Crippen LogP contribution in [0.1, 0.15) is 55.0 Å². The highest BCUT2D eigenvalue weighted by atomic mass is 16.5. The minimum atomic E-state index is 0.435. The Labute approximate surface area is 143 Å². The lowest BCUT2D eigenvalue weighted by Gasteiger charge is -2.23. The fourth-order valence-electron chi connectivity index (χ4n) is 3.28. The molecule has 0 unspecified atom stereocenters. The first-order chi connectivity index (χ1) is 11.8. The molecule has 5 heteroatoms. The van der Waals surface area contributed by atoms with Crippen LogP contribution in [0.15, 0.2) is 30.3 Å². The Morgan fingerprint density at radius 1 is 1.29 bits per heavy atom. The molecular weight excluding hydrogens is 300 g/mol. The van der Waals surface area contributed by atoms with E-state index in [-0.39, 0.29) is 0 Å². The minimum absolute atomic E-state index is 0.435. The van der Waals surface area contributed by atoms with Gasteiger partial charge in [0.1, 0.15) is 6.61 Å². The van der Waals surface area contributed by atoms with Crippen molar-refractivity contribution < 1.29 is 4.74 Å². The van der Waals surface area contributed by atoms with Gasteiger partial charge < -0.3 is 10.1 Å². The Kier molecular flexibility index (Phi) is 5.50. The molecule has 2 aromatic rings. The van der Waals surface area contributed by atoms with Gasteiger partial charge in [-0.15, -0.1) is 0 Å². The van der Waals surface area contributed by atoms with Crippen LogP contribution < -0.4 is 10.1 Å². The number of ether oxygens (including phenoxy) is 1. The summed E-state index contributed by atoms with van der Waals surface area (Å²) in [6.07, 6.45) is 6.17. The van der Waals surface area contributed by atoms with Crippen molar-refractivity contribution in [3.8, 4) is 11.9 Å². The average molecular weight is 324 g/mol. The Hall–Kier alpha value is -2.32. The molecule has 0 saturated heterocycles. The molecule has 126 valence electrons. The number of aromatic nitrogens is 2. The third kappa shape index (κ3) is 3.95. The lowest BCUT2D eigenvalue weighted by Crippen LogP contribution is -2.16. The summed E-state index contributed by atoms with van der Waals surface area (Å²) < 4.78 is 8.14. The Morgan fingerprint density at radius 3 is 2.88 bits per heavy atom. The molecule has 0 amide bonds. The molecule has 5 nitrogen and oxygen atoms in total. The minimum Gasteiger partial charge on any atom is -0.473 e. The number of benzene rings is 1. The molecule has 3 rings (SSSR count). The molecule has 1 heterocycles. The number of nitriles is 1. The van der Waals surface area contributed by atoms with Gasteiger partial charge in [-0.05, 0) is 37.6 Å². The normalized spacial score (nSPS) is 15.2. The van der Waals surface area contributed by atoms with Crippen LogP contribution in [-0.2, 0) is 13.2 Å². The molecule has 1 aliphatic rings. The molecule has 1 aromatic heterocycles. The molecule has 0 bridgehead atoms. The van der Waals surface area contributed by atoms with Crippen LogP contribution >= 0.6 is 0 Å². The fourth-order valence-corrected chi connectivity index (χ4v) is 3.28. The van der Waals surface area contributed by atoms with E-state index in [2.05, 4.69) is 16.1 Å². The standard InChI is InChI=1S/C19H24N4O/c1-21-13-17-11-19(23(22-17)18-8-3-2-4-9-18)24-14-16-7-5-6-15(10-16)12-20/h5-7,10-11,18,21H,2-4,8-9,13-14H2,1H3. The molecule has 0 spiro atoms. The lowest BCUT2D eigenvalue weighted by atomic mass is 9.96. The van der Waals surface area contributed by atoms with Gasteiger partial charge in [-0.2, -0.15) is 10.4 Å². The number of hydrogen-bond donors (Lipinski definition) is 1. The first-order valence-electron chi connectivity index (χ1n) is 8.65. The SMILES string of the molecule is CNCc1cc(OCc2cccc(C#N)c2)n(C2CCCCC2)n1. The van der Waals surface area contributed by atoms with Gasteiger partial charge in [0.25, 0.3) is 0 Å². The summed E-state index contributed by atoms with van der Waals surface area (Å²) >= 11 is 0. The Bertz CT molecular complexity index is 710. The molecule has 0 atom stereocenters. The fraction of sp³-hybridized carbons (Fsp3) is 0.474. The summed E-state index contributed by atoms with van der Waals surface area (Å²) in [6, 6.07) is 12.2. The lowest BCUT2D eigenvalue weighted by molar-refractivity contribution is 0.237. The molecule has 0 aliphatic heterocycles. The molecule has 1 aliphatic carbocycles. The van der Waals surface area contributed by atoms with Crippen molar-refractivity contribution in [1.82, 2.24) is 15.1 Å². The van der Waals surface area contributed by atoms with Gasteiger partial charge in [-0.3, -0.25) is 0 Å². The van der Waals surface area contributed by atoms with E-state index in [9.17, 15) is 0 Å².